The molecule has 0 aromatic carbocycles. The maximum atomic E-state index is 12.2. The maximum absolute atomic E-state index is 12.2. The molecule has 4 rings (SSSR count). The molecule has 0 N–H and O–H groups in total. The molecule has 2 aromatic rings. The number of aryl methyl sites for hydroxylation is 2. The maximum Gasteiger partial charge on any atom is 0.267 e. The number of fused-ring (bicyclic) bond motifs is 1. The van der Waals surface area contributed by atoms with Crippen molar-refractivity contribution >= 4 is 16.5 Å². The fraction of sp³-hybridized carbons (Fsp3) is 0.533. The molecule has 2 aromatic heterocycles. The van der Waals surface area contributed by atoms with Crippen LogP contribution in [0.2, 0.25) is 0 Å². The van der Waals surface area contributed by atoms with Crippen molar-refractivity contribution in [3.63, 3.8) is 0 Å². The predicted molar refractivity (Wildman–Crippen MR) is 83.0 cm³/mol. The van der Waals surface area contributed by atoms with Gasteiger partial charge < -0.3 is 4.90 Å². The van der Waals surface area contributed by atoms with Gasteiger partial charge in [0.2, 0.25) is 0 Å². The van der Waals surface area contributed by atoms with Crippen LogP contribution < -0.4 is 10.5 Å². The van der Waals surface area contributed by atoms with E-state index in [-0.39, 0.29) is 5.56 Å². The molecule has 0 bridgehead atoms. The Hall–Kier alpha value is -1.69. The van der Waals surface area contributed by atoms with Crippen LogP contribution >= 0.6 is 11.3 Å². The average molecular weight is 302 g/mol. The first-order valence-corrected chi connectivity index (χ1v) is 8.42. The molecule has 2 aliphatic rings. The van der Waals surface area contributed by atoms with Crippen molar-refractivity contribution in [2.75, 3.05) is 18.0 Å². The Labute approximate surface area is 127 Å². The minimum Gasteiger partial charge on any atom is -0.347 e. The summed E-state index contributed by atoms with van der Waals surface area (Å²) >= 11 is 1.67. The van der Waals surface area contributed by atoms with E-state index in [1.54, 1.807) is 22.1 Å². The molecular formula is C15H18N4OS. The second-order valence-corrected chi connectivity index (χ2v) is 6.80. The van der Waals surface area contributed by atoms with Gasteiger partial charge in [-0.25, -0.2) is 9.67 Å². The minimum atomic E-state index is 0.0587. The van der Waals surface area contributed by atoms with Crippen LogP contribution in [-0.2, 0) is 19.4 Å². The molecule has 0 radical (unpaired) electrons. The van der Waals surface area contributed by atoms with E-state index in [2.05, 4.69) is 15.0 Å². The smallest absolute Gasteiger partial charge is 0.267 e. The van der Waals surface area contributed by atoms with Crippen LogP contribution in [0.25, 0.3) is 0 Å². The van der Waals surface area contributed by atoms with E-state index in [1.165, 1.54) is 18.4 Å². The Morgan fingerprint density at radius 3 is 2.95 bits per heavy atom. The summed E-state index contributed by atoms with van der Waals surface area (Å²) in [5.41, 5.74) is 2.36. The molecule has 3 heterocycles. The normalized spacial score (nSPS) is 18.4. The van der Waals surface area contributed by atoms with Crippen LogP contribution in [0.15, 0.2) is 22.4 Å². The first-order chi connectivity index (χ1) is 10.3. The van der Waals surface area contributed by atoms with E-state index in [1.807, 2.05) is 11.6 Å². The molecule has 1 aliphatic carbocycles. The van der Waals surface area contributed by atoms with E-state index in [4.69, 9.17) is 0 Å². The zero-order valence-electron chi connectivity index (χ0n) is 11.9. The number of hydrogen-bond acceptors (Lipinski definition) is 5. The third-order valence-electron chi connectivity index (χ3n) is 4.35. The number of anilines is 1. The summed E-state index contributed by atoms with van der Waals surface area (Å²) in [6.07, 6.45) is 6.25. The summed E-state index contributed by atoms with van der Waals surface area (Å²) in [5.74, 6) is 0.501. The van der Waals surface area contributed by atoms with E-state index in [0.29, 0.717) is 5.92 Å². The first-order valence-electron chi connectivity index (χ1n) is 7.54. The molecule has 0 atom stereocenters. The lowest BCUT2D eigenvalue weighted by atomic mass is 9.97. The zero-order chi connectivity index (χ0) is 14.2. The standard InChI is InChI=1S/C15H18N4OS/c20-14-7-12-3-1-2-4-13(12)17-19(14)10-11-8-18(9-11)15-16-5-6-21-15/h5-7,11H,1-4,8-10H2. The summed E-state index contributed by atoms with van der Waals surface area (Å²) in [6.45, 7) is 2.67. The molecule has 1 fully saturated rings. The molecule has 1 aliphatic heterocycles. The van der Waals surface area contributed by atoms with Crippen LogP contribution in [0, 0.1) is 5.92 Å². The minimum absolute atomic E-state index is 0.0587. The summed E-state index contributed by atoms with van der Waals surface area (Å²) in [6, 6.07) is 1.80. The number of rotatable bonds is 3. The first kappa shape index (κ1) is 13.0. The number of aromatic nitrogens is 3. The average Bonchev–Trinajstić information content (AvgIpc) is 2.96. The Balaban J connectivity index is 1.45. The molecule has 1 saturated heterocycles. The third kappa shape index (κ3) is 2.48. The van der Waals surface area contributed by atoms with Crippen LogP contribution in [-0.4, -0.2) is 27.9 Å². The highest BCUT2D eigenvalue weighted by atomic mass is 32.1. The summed E-state index contributed by atoms with van der Waals surface area (Å²) in [4.78, 5) is 18.7. The lowest BCUT2D eigenvalue weighted by molar-refractivity contribution is 0.331. The highest BCUT2D eigenvalue weighted by Gasteiger charge is 2.29. The highest BCUT2D eigenvalue weighted by molar-refractivity contribution is 7.13. The van der Waals surface area contributed by atoms with Gasteiger partial charge in [0, 0.05) is 36.7 Å². The van der Waals surface area contributed by atoms with Gasteiger partial charge in [0.05, 0.1) is 12.2 Å². The van der Waals surface area contributed by atoms with Crippen molar-refractivity contribution in [3.8, 4) is 0 Å². The van der Waals surface area contributed by atoms with Crippen LogP contribution in [0.3, 0.4) is 0 Å². The van der Waals surface area contributed by atoms with Crippen molar-refractivity contribution in [2.45, 2.75) is 32.2 Å². The van der Waals surface area contributed by atoms with Crippen molar-refractivity contribution < 1.29 is 0 Å². The lowest BCUT2D eigenvalue weighted by Gasteiger charge is -2.39. The number of thiazole rings is 1. The fourth-order valence-corrected chi connectivity index (χ4v) is 3.85. The van der Waals surface area contributed by atoms with Gasteiger partial charge >= 0.3 is 0 Å². The van der Waals surface area contributed by atoms with Gasteiger partial charge in [0.15, 0.2) is 5.13 Å². The molecule has 5 nitrogen and oxygen atoms in total. The number of hydrogen-bond donors (Lipinski definition) is 0. The second-order valence-electron chi connectivity index (χ2n) is 5.93. The number of nitrogens with zero attached hydrogens (tertiary/aromatic N) is 4. The molecule has 0 spiro atoms. The van der Waals surface area contributed by atoms with Crippen molar-refractivity contribution in [1.82, 2.24) is 14.8 Å². The van der Waals surface area contributed by atoms with E-state index in [0.717, 1.165) is 43.3 Å². The van der Waals surface area contributed by atoms with Crippen LogP contribution in [0.1, 0.15) is 24.1 Å². The molecule has 6 heteroatoms. The Kier molecular flexibility index (Phi) is 3.25. The van der Waals surface area contributed by atoms with Gasteiger partial charge in [0.25, 0.3) is 5.56 Å². The van der Waals surface area contributed by atoms with Crippen LogP contribution in [0.4, 0.5) is 5.13 Å². The third-order valence-corrected chi connectivity index (χ3v) is 5.18. The Bertz CT molecular complexity index is 688. The van der Waals surface area contributed by atoms with Crippen molar-refractivity contribution in [3.05, 3.63) is 39.3 Å². The zero-order valence-corrected chi connectivity index (χ0v) is 12.7. The summed E-state index contributed by atoms with van der Waals surface area (Å²) in [7, 11) is 0. The highest BCUT2D eigenvalue weighted by Crippen LogP contribution is 2.27. The van der Waals surface area contributed by atoms with E-state index < -0.39 is 0 Å². The van der Waals surface area contributed by atoms with E-state index >= 15 is 0 Å². The molecule has 0 unspecified atom stereocenters. The molecule has 21 heavy (non-hydrogen) atoms. The SMILES string of the molecule is O=c1cc2c(nn1CC1CN(c3nccs3)C1)CCCC2. The Morgan fingerprint density at radius 1 is 1.29 bits per heavy atom. The predicted octanol–water partition coefficient (Wildman–Crippen LogP) is 1.71. The molecular weight excluding hydrogens is 284 g/mol. The summed E-state index contributed by atoms with van der Waals surface area (Å²) < 4.78 is 1.67. The van der Waals surface area contributed by atoms with Gasteiger partial charge in [0.1, 0.15) is 0 Å². The molecule has 110 valence electrons. The topological polar surface area (TPSA) is 51.0 Å². The van der Waals surface area contributed by atoms with Gasteiger partial charge in [-0.15, -0.1) is 11.3 Å². The van der Waals surface area contributed by atoms with Gasteiger partial charge in [-0.2, -0.15) is 5.10 Å². The van der Waals surface area contributed by atoms with Crippen molar-refractivity contribution in [2.24, 2.45) is 5.92 Å². The largest absolute Gasteiger partial charge is 0.347 e. The van der Waals surface area contributed by atoms with Gasteiger partial charge in [-0.1, -0.05) is 0 Å². The molecule has 0 amide bonds. The van der Waals surface area contributed by atoms with Crippen molar-refractivity contribution in [1.29, 1.82) is 0 Å². The van der Waals surface area contributed by atoms with Gasteiger partial charge in [-0.05, 0) is 31.2 Å². The fourth-order valence-electron chi connectivity index (χ4n) is 3.19. The summed E-state index contributed by atoms with van der Waals surface area (Å²) in [5, 5.41) is 7.67. The van der Waals surface area contributed by atoms with E-state index in [9.17, 15) is 4.79 Å². The van der Waals surface area contributed by atoms with Gasteiger partial charge in [-0.3, -0.25) is 4.79 Å². The quantitative estimate of drug-likeness (QED) is 0.866. The Morgan fingerprint density at radius 2 is 2.14 bits per heavy atom. The lowest BCUT2D eigenvalue weighted by Crippen LogP contribution is -2.49. The second kappa shape index (κ2) is 5.26. The molecule has 0 saturated carbocycles. The van der Waals surface area contributed by atoms with Crippen LogP contribution in [0.5, 0.6) is 0 Å². The monoisotopic (exact) mass is 302 g/mol.